The molecule has 0 bridgehead atoms. The van der Waals surface area contributed by atoms with Gasteiger partial charge in [-0.05, 0) is 68.1 Å². The number of hydrogen-bond acceptors (Lipinski definition) is 3. The van der Waals surface area contributed by atoms with Gasteiger partial charge in [-0.25, -0.2) is 0 Å². The molecule has 4 nitrogen and oxygen atoms in total. The summed E-state index contributed by atoms with van der Waals surface area (Å²) >= 11 is 6.11. The van der Waals surface area contributed by atoms with Gasteiger partial charge < -0.3 is 10.1 Å². The molecule has 2 aliphatic carbocycles. The van der Waals surface area contributed by atoms with Crippen molar-refractivity contribution in [3.63, 3.8) is 0 Å². The molecule has 0 radical (unpaired) electrons. The molecule has 1 saturated carbocycles. The number of halogens is 1. The molecule has 1 aromatic rings. The van der Waals surface area contributed by atoms with Gasteiger partial charge in [-0.3, -0.25) is 9.69 Å². The minimum absolute atomic E-state index is 0.00438. The highest BCUT2D eigenvalue weighted by molar-refractivity contribution is 6.30. The highest BCUT2D eigenvalue weighted by atomic mass is 35.5. The average molecular weight is 471 g/mol. The van der Waals surface area contributed by atoms with Crippen LogP contribution in [0, 0.1) is 23.7 Å². The van der Waals surface area contributed by atoms with Crippen LogP contribution in [0.1, 0.15) is 58.1 Å². The zero-order valence-corrected chi connectivity index (χ0v) is 21.1. The van der Waals surface area contributed by atoms with Crippen LogP contribution in [0.5, 0.6) is 0 Å². The molecule has 180 valence electrons. The molecule has 1 N–H and O–H groups in total. The number of morpholine rings is 1. The van der Waals surface area contributed by atoms with E-state index in [1.807, 2.05) is 24.3 Å². The van der Waals surface area contributed by atoms with Crippen molar-refractivity contribution in [2.75, 3.05) is 26.3 Å². The van der Waals surface area contributed by atoms with E-state index in [9.17, 15) is 4.79 Å². The van der Waals surface area contributed by atoms with E-state index in [2.05, 4.69) is 49.2 Å². The Morgan fingerprint density at radius 2 is 1.88 bits per heavy atom. The zero-order chi connectivity index (χ0) is 23.4. The van der Waals surface area contributed by atoms with E-state index in [0.717, 1.165) is 62.6 Å². The molecule has 2 unspecified atom stereocenters. The highest BCUT2D eigenvalue weighted by Crippen LogP contribution is 2.43. The molecule has 1 amide bonds. The van der Waals surface area contributed by atoms with E-state index in [1.165, 1.54) is 5.57 Å². The molecule has 0 spiro atoms. The first kappa shape index (κ1) is 24.5. The number of rotatable bonds is 6. The number of nitrogens with one attached hydrogen (secondary N) is 1. The molecule has 1 heterocycles. The van der Waals surface area contributed by atoms with Crippen LogP contribution in [0.3, 0.4) is 0 Å². The van der Waals surface area contributed by atoms with E-state index in [1.54, 1.807) is 0 Å². The van der Waals surface area contributed by atoms with Crippen molar-refractivity contribution in [3.8, 4) is 0 Å². The number of nitrogens with zero attached hydrogens (tertiary/aromatic N) is 1. The predicted octanol–water partition coefficient (Wildman–Crippen LogP) is 5.79. The van der Waals surface area contributed by atoms with Gasteiger partial charge in [0.05, 0.1) is 19.3 Å². The SMILES string of the molecule is CC1=CC=CCC1[C@@H]1C[C@@H](N2CCOCC2)CC[C@H]1C(=O)NC(c1ccc(Cl)cc1)C(C)C. The molecule has 1 aliphatic heterocycles. The lowest BCUT2D eigenvalue weighted by molar-refractivity contribution is -0.130. The lowest BCUT2D eigenvalue weighted by Crippen LogP contribution is -2.50. The Balaban J connectivity index is 1.53. The summed E-state index contributed by atoms with van der Waals surface area (Å²) in [6.07, 6.45) is 10.9. The number of hydrogen-bond donors (Lipinski definition) is 1. The van der Waals surface area contributed by atoms with E-state index in [4.69, 9.17) is 16.3 Å². The van der Waals surface area contributed by atoms with Gasteiger partial charge >= 0.3 is 0 Å². The summed E-state index contributed by atoms with van der Waals surface area (Å²) in [6, 6.07) is 8.46. The number of amides is 1. The van der Waals surface area contributed by atoms with Crippen molar-refractivity contribution in [1.29, 1.82) is 0 Å². The Kier molecular flexibility index (Phi) is 8.32. The normalized spacial score (nSPS) is 29.5. The van der Waals surface area contributed by atoms with Crippen molar-refractivity contribution in [3.05, 3.63) is 58.7 Å². The molecule has 2 fully saturated rings. The Morgan fingerprint density at radius 1 is 1.15 bits per heavy atom. The topological polar surface area (TPSA) is 41.6 Å². The molecule has 1 saturated heterocycles. The van der Waals surface area contributed by atoms with Crippen molar-refractivity contribution < 1.29 is 9.53 Å². The number of ether oxygens (including phenoxy) is 1. The molecular formula is C28H39ClN2O2. The third-order valence-electron chi connectivity index (χ3n) is 7.95. The Labute approximate surface area is 204 Å². The van der Waals surface area contributed by atoms with Crippen LogP contribution in [0.2, 0.25) is 5.02 Å². The van der Waals surface area contributed by atoms with Gasteiger partial charge in [-0.1, -0.05) is 61.4 Å². The van der Waals surface area contributed by atoms with Gasteiger partial charge in [0.1, 0.15) is 0 Å². The maximum Gasteiger partial charge on any atom is 0.223 e. The van der Waals surface area contributed by atoms with E-state index < -0.39 is 0 Å². The summed E-state index contributed by atoms with van der Waals surface area (Å²) in [6.45, 7) is 10.3. The molecule has 3 aliphatic rings. The van der Waals surface area contributed by atoms with E-state index in [-0.39, 0.29) is 17.9 Å². The third-order valence-corrected chi connectivity index (χ3v) is 8.20. The number of benzene rings is 1. The lowest BCUT2D eigenvalue weighted by Gasteiger charge is -2.45. The second-order valence-electron chi connectivity index (χ2n) is 10.3. The number of carbonyl (C=O) groups is 1. The van der Waals surface area contributed by atoms with Gasteiger partial charge in [0, 0.05) is 30.1 Å². The molecule has 4 rings (SSSR count). The van der Waals surface area contributed by atoms with Crippen molar-refractivity contribution >= 4 is 17.5 Å². The van der Waals surface area contributed by atoms with Gasteiger partial charge in [0.2, 0.25) is 5.91 Å². The first-order chi connectivity index (χ1) is 15.9. The van der Waals surface area contributed by atoms with E-state index >= 15 is 0 Å². The second-order valence-corrected chi connectivity index (χ2v) is 10.8. The van der Waals surface area contributed by atoms with Crippen LogP contribution in [-0.4, -0.2) is 43.2 Å². The fraction of sp³-hybridized carbons (Fsp3) is 0.607. The Bertz CT molecular complexity index is 857. The van der Waals surface area contributed by atoms with Gasteiger partial charge in [0.25, 0.3) is 0 Å². The summed E-state index contributed by atoms with van der Waals surface area (Å²) in [5, 5.41) is 4.17. The van der Waals surface area contributed by atoms with Crippen molar-refractivity contribution in [1.82, 2.24) is 10.2 Å². The van der Waals surface area contributed by atoms with Crippen LogP contribution in [0.25, 0.3) is 0 Å². The predicted molar refractivity (Wildman–Crippen MR) is 135 cm³/mol. The quantitative estimate of drug-likeness (QED) is 0.571. The van der Waals surface area contributed by atoms with Crippen molar-refractivity contribution in [2.45, 2.75) is 58.5 Å². The van der Waals surface area contributed by atoms with E-state index in [0.29, 0.717) is 23.8 Å². The Hall–Kier alpha value is -1.62. The largest absolute Gasteiger partial charge is 0.379 e. The monoisotopic (exact) mass is 470 g/mol. The van der Waals surface area contributed by atoms with Crippen molar-refractivity contribution in [2.24, 2.45) is 23.7 Å². The summed E-state index contributed by atoms with van der Waals surface area (Å²) in [7, 11) is 0. The molecule has 5 atom stereocenters. The van der Waals surface area contributed by atoms with Crippen LogP contribution in [-0.2, 0) is 9.53 Å². The average Bonchev–Trinajstić information content (AvgIpc) is 2.83. The Morgan fingerprint density at radius 3 is 2.55 bits per heavy atom. The van der Waals surface area contributed by atoms with Gasteiger partial charge in [-0.2, -0.15) is 0 Å². The molecule has 33 heavy (non-hydrogen) atoms. The first-order valence-corrected chi connectivity index (χ1v) is 13.0. The first-order valence-electron chi connectivity index (χ1n) is 12.6. The zero-order valence-electron chi connectivity index (χ0n) is 20.3. The van der Waals surface area contributed by atoms with Crippen LogP contribution in [0.4, 0.5) is 0 Å². The summed E-state index contributed by atoms with van der Waals surface area (Å²) in [5.41, 5.74) is 2.54. The lowest BCUT2D eigenvalue weighted by atomic mass is 9.66. The third kappa shape index (κ3) is 5.90. The highest BCUT2D eigenvalue weighted by Gasteiger charge is 2.42. The summed E-state index contributed by atoms with van der Waals surface area (Å²) in [5.74, 6) is 1.39. The van der Waals surface area contributed by atoms with Crippen LogP contribution < -0.4 is 5.32 Å². The standard InChI is InChI=1S/C28H39ClN2O2/c1-19(2)27(21-8-10-22(29)11-9-21)30-28(32)25-13-12-23(31-14-16-33-17-15-31)18-26(25)24-7-5-4-6-20(24)3/h4-6,8-11,19,23-27H,7,12-18H2,1-3H3,(H,30,32)/t23-,24?,25+,26-,27?/m0/s1. The maximum absolute atomic E-state index is 13.8. The van der Waals surface area contributed by atoms with Gasteiger partial charge in [-0.15, -0.1) is 0 Å². The molecule has 0 aromatic heterocycles. The minimum Gasteiger partial charge on any atom is -0.379 e. The van der Waals surface area contributed by atoms with Crippen LogP contribution >= 0.6 is 11.6 Å². The summed E-state index contributed by atoms with van der Waals surface area (Å²) < 4.78 is 5.59. The molecule has 1 aromatic carbocycles. The molecular weight excluding hydrogens is 432 g/mol. The maximum atomic E-state index is 13.8. The minimum atomic E-state index is -0.00438. The summed E-state index contributed by atoms with van der Waals surface area (Å²) in [4.78, 5) is 16.4. The fourth-order valence-corrected chi connectivity index (χ4v) is 6.19. The number of carbonyl (C=O) groups excluding carboxylic acids is 1. The fourth-order valence-electron chi connectivity index (χ4n) is 6.06. The molecule has 5 heteroatoms. The smallest absolute Gasteiger partial charge is 0.223 e. The van der Waals surface area contributed by atoms with Gasteiger partial charge in [0.15, 0.2) is 0 Å². The number of allylic oxidation sites excluding steroid dienone is 4. The second kappa shape index (κ2) is 11.2. The van der Waals surface area contributed by atoms with Crippen LogP contribution in [0.15, 0.2) is 48.1 Å².